The van der Waals surface area contributed by atoms with Gasteiger partial charge >= 0.3 is 5.97 Å². The van der Waals surface area contributed by atoms with Gasteiger partial charge in [-0.3, -0.25) is 19.2 Å². The molecule has 9 nitrogen and oxygen atoms in total. The van der Waals surface area contributed by atoms with Crippen molar-refractivity contribution in [3.05, 3.63) is 35.9 Å². The van der Waals surface area contributed by atoms with E-state index in [0.717, 1.165) is 5.56 Å². The van der Waals surface area contributed by atoms with E-state index in [9.17, 15) is 29.1 Å². The number of carbonyl (C=O) groups is 5. The molecular weight excluding hydrogens is 402 g/mol. The first-order valence-corrected chi connectivity index (χ1v) is 10.2. The van der Waals surface area contributed by atoms with Gasteiger partial charge in [-0.15, -0.1) is 0 Å². The van der Waals surface area contributed by atoms with Gasteiger partial charge in [0.2, 0.25) is 17.6 Å². The van der Waals surface area contributed by atoms with Crippen LogP contribution in [0.1, 0.15) is 46.1 Å². The minimum absolute atomic E-state index is 0.00976. The van der Waals surface area contributed by atoms with Gasteiger partial charge in [0, 0.05) is 13.0 Å². The summed E-state index contributed by atoms with van der Waals surface area (Å²) >= 11 is 0. The number of aliphatic carboxylic acids is 1. The van der Waals surface area contributed by atoms with E-state index in [1.807, 2.05) is 37.3 Å². The van der Waals surface area contributed by atoms with Gasteiger partial charge in [-0.1, -0.05) is 50.6 Å². The zero-order valence-corrected chi connectivity index (χ0v) is 18.4. The van der Waals surface area contributed by atoms with E-state index in [4.69, 9.17) is 0 Å². The van der Waals surface area contributed by atoms with Gasteiger partial charge in [0.25, 0.3) is 5.91 Å². The predicted octanol–water partition coefficient (Wildman–Crippen LogP) is 0.815. The van der Waals surface area contributed by atoms with Crippen LogP contribution in [0.2, 0.25) is 0 Å². The third kappa shape index (κ3) is 8.57. The molecule has 1 aromatic rings. The number of Topliss-reactive ketones (excluding diaryl/α,β-unsaturated/α-hetero) is 1. The molecule has 0 aliphatic carbocycles. The molecule has 170 valence electrons. The fourth-order valence-corrected chi connectivity index (χ4v) is 2.64. The summed E-state index contributed by atoms with van der Waals surface area (Å²) in [5.41, 5.74) is -0.698. The number of hydrogen-bond donors (Lipinski definition) is 4. The lowest BCUT2D eigenvalue weighted by molar-refractivity contribution is -0.147. The van der Waals surface area contributed by atoms with Gasteiger partial charge in [-0.05, 0) is 25.3 Å². The van der Waals surface area contributed by atoms with Gasteiger partial charge in [0.1, 0.15) is 11.6 Å². The Kier molecular flexibility index (Phi) is 9.85. The molecule has 0 bridgehead atoms. The molecule has 4 N–H and O–H groups in total. The average molecular weight is 434 g/mol. The van der Waals surface area contributed by atoms with Crippen molar-refractivity contribution >= 4 is 29.5 Å². The molecule has 9 heteroatoms. The molecule has 0 fully saturated rings. The quantitative estimate of drug-likeness (QED) is 0.360. The molecule has 0 aliphatic rings. The van der Waals surface area contributed by atoms with Crippen molar-refractivity contribution in [2.24, 2.45) is 5.92 Å². The third-order valence-corrected chi connectivity index (χ3v) is 4.89. The second-order valence-corrected chi connectivity index (χ2v) is 7.94. The summed E-state index contributed by atoms with van der Waals surface area (Å²) in [6.07, 6.45) is 0.467. The van der Waals surface area contributed by atoms with Gasteiger partial charge < -0.3 is 21.1 Å². The van der Waals surface area contributed by atoms with Crippen LogP contribution in [0.4, 0.5) is 0 Å². The fraction of sp³-hybridized carbons (Fsp3) is 0.500. The summed E-state index contributed by atoms with van der Waals surface area (Å²) in [4.78, 5) is 60.1. The highest BCUT2D eigenvalue weighted by atomic mass is 16.4. The normalized spacial score (nSPS) is 12.9. The van der Waals surface area contributed by atoms with Crippen LogP contribution in [0.15, 0.2) is 30.3 Å². The monoisotopic (exact) mass is 433 g/mol. The van der Waals surface area contributed by atoms with Crippen LogP contribution in [0.25, 0.3) is 0 Å². The molecule has 1 aromatic carbocycles. The number of amides is 3. The van der Waals surface area contributed by atoms with Crippen LogP contribution < -0.4 is 16.0 Å². The maximum Gasteiger partial charge on any atom is 0.328 e. The van der Waals surface area contributed by atoms with Crippen LogP contribution in [-0.4, -0.2) is 52.7 Å². The van der Waals surface area contributed by atoms with Crippen molar-refractivity contribution in [3.63, 3.8) is 0 Å². The average Bonchev–Trinajstić information content (AvgIpc) is 2.71. The molecule has 0 saturated carbocycles. The lowest BCUT2D eigenvalue weighted by atomic mass is 9.96. The molecule has 0 saturated heterocycles. The first-order chi connectivity index (χ1) is 14.5. The highest BCUT2D eigenvalue weighted by Gasteiger charge is 2.35. The Labute approximate surface area is 182 Å². The Balaban J connectivity index is 2.59. The number of hydrogen-bond acceptors (Lipinski definition) is 5. The van der Waals surface area contributed by atoms with E-state index >= 15 is 0 Å². The first kappa shape index (κ1) is 25.8. The maximum atomic E-state index is 12.5. The summed E-state index contributed by atoms with van der Waals surface area (Å²) in [6.45, 7) is 6.16. The summed E-state index contributed by atoms with van der Waals surface area (Å²) in [6, 6.07) is 8.03. The summed E-state index contributed by atoms with van der Waals surface area (Å²) in [5, 5.41) is 16.5. The summed E-state index contributed by atoms with van der Waals surface area (Å²) in [7, 11) is 0. The van der Waals surface area contributed by atoms with Gasteiger partial charge in [0.15, 0.2) is 0 Å². The SMILES string of the molecule is CC[C@H](C)[C@H](NC(=O)C(=O)CCNC(=O)Cc1ccccc1)C(=O)NC(C)(C)C(=O)O. The van der Waals surface area contributed by atoms with Gasteiger partial charge in [-0.2, -0.15) is 0 Å². The number of ketones is 1. The van der Waals surface area contributed by atoms with Crippen molar-refractivity contribution in [2.45, 2.75) is 58.5 Å². The lowest BCUT2D eigenvalue weighted by Crippen LogP contribution is -2.58. The summed E-state index contributed by atoms with van der Waals surface area (Å²) < 4.78 is 0. The minimum Gasteiger partial charge on any atom is -0.480 e. The molecule has 1 rings (SSSR count). The number of nitrogens with one attached hydrogen (secondary N) is 3. The van der Waals surface area contributed by atoms with Crippen molar-refractivity contribution in [3.8, 4) is 0 Å². The van der Waals surface area contributed by atoms with Crippen LogP contribution in [0, 0.1) is 5.92 Å². The molecule has 2 atom stereocenters. The van der Waals surface area contributed by atoms with Gasteiger partial charge in [0.05, 0.1) is 6.42 Å². The van der Waals surface area contributed by atoms with Crippen LogP contribution in [0.5, 0.6) is 0 Å². The largest absolute Gasteiger partial charge is 0.480 e. The summed E-state index contributed by atoms with van der Waals surface area (Å²) in [5.74, 6) is -4.24. The Morgan fingerprint density at radius 1 is 1.06 bits per heavy atom. The number of benzene rings is 1. The Bertz CT molecular complexity index is 807. The number of carboxylic acids is 1. The molecule has 0 heterocycles. The van der Waals surface area contributed by atoms with Gasteiger partial charge in [-0.25, -0.2) is 4.79 Å². The highest BCUT2D eigenvalue weighted by molar-refractivity contribution is 6.36. The number of carboxylic acid groups (broad SMARTS) is 1. The van der Waals surface area contributed by atoms with E-state index in [1.165, 1.54) is 13.8 Å². The lowest BCUT2D eigenvalue weighted by Gasteiger charge is -2.28. The fourth-order valence-electron chi connectivity index (χ4n) is 2.64. The standard InChI is InChI=1S/C22H31N3O6/c1-5-14(2)18(20(29)25-22(3,4)21(30)31)24-19(28)16(26)11-12-23-17(27)13-15-9-7-6-8-10-15/h6-10,14,18H,5,11-13H2,1-4H3,(H,23,27)(H,24,28)(H,25,29)(H,30,31)/t14-,18-/m0/s1. The Morgan fingerprint density at radius 3 is 2.23 bits per heavy atom. The predicted molar refractivity (Wildman–Crippen MR) is 114 cm³/mol. The Hall–Kier alpha value is -3.23. The Morgan fingerprint density at radius 2 is 1.68 bits per heavy atom. The first-order valence-electron chi connectivity index (χ1n) is 10.2. The minimum atomic E-state index is -1.53. The number of carbonyl (C=O) groups excluding carboxylic acids is 4. The molecule has 0 aromatic heterocycles. The zero-order valence-electron chi connectivity index (χ0n) is 18.4. The molecule has 0 aliphatic heterocycles. The number of rotatable bonds is 12. The molecular formula is C22H31N3O6. The molecule has 31 heavy (non-hydrogen) atoms. The molecule has 3 amide bonds. The van der Waals surface area contributed by atoms with Crippen LogP contribution in [-0.2, 0) is 30.4 Å². The smallest absolute Gasteiger partial charge is 0.328 e. The molecule has 0 unspecified atom stereocenters. The van der Waals surface area contributed by atoms with Crippen molar-refractivity contribution < 1.29 is 29.1 Å². The second-order valence-electron chi connectivity index (χ2n) is 7.94. The van der Waals surface area contributed by atoms with Crippen molar-refractivity contribution in [1.82, 2.24) is 16.0 Å². The third-order valence-electron chi connectivity index (χ3n) is 4.89. The second kappa shape index (κ2) is 11.8. The van der Waals surface area contributed by atoms with Crippen molar-refractivity contribution in [2.75, 3.05) is 6.54 Å². The van der Waals surface area contributed by atoms with Crippen LogP contribution in [0.3, 0.4) is 0 Å². The van der Waals surface area contributed by atoms with E-state index in [-0.39, 0.29) is 31.2 Å². The van der Waals surface area contributed by atoms with E-state index in [2.05, 4.69) is 16.0 Å². The van der Waals surface area contributed by atoms with E-state index < -0.39 is 35.1 Å². The highest BCUT2D eigenvalue weighted by Crippen LogP contribution is 2.11. The van der Waals surface area contributed by atoms with E-state index in [1.54, 1.807) is 6.92 Å². The molecule has 0 radical (unpaired) electrons. The van der Waals surface area contributed by atoms with Crippen LogP contribution >= 0.6 is 0 Å². The van der Waals surface area contributed by atoms with E-state index in [0.29, 0.717) is 6.42 Å². The maximum absolute atomic E-state index is 12.5. The zero-order chi connectivity index (χ0) is 23.6. The topological polar surface area (TPSA) is 142 Å². The van der Waals surface area contributed by atoms with Crippen molar-refractivity contribution in [1.29, 1.82) is 0 Å². The molecule has 0 spiro atoms.